The number of nitrogens with zero attached hydrogens (tertiary/aromatic N) is 3. The molecule has 3 N–H and O–H groups in total. The van der Waals surface area contributed by atoms with Gasteiger partial charge in [0.15, 0.2) is 0 Å². The number of rotatable bonds is 5. The second-order valence-electron chi connectivity index (χ2n) is 4.96. The van der Waals surface area contributed by atoms with Gasteiger partial charge in [0, 0.05) is 22.8 Å². The van der Waals surface area contributed by atoms with Crippen LogP contribution in [0.4, 0.5) is 5.82 Å². The molecule has 2 aromatic rings. The smallest absolute Gasteiger partial charge is 0.143 e. The van der Waals surface area contributed by atoms with Crippen LogP contribution in [-0.2, 0) is 12.8 Å². The Kier molecular flexibility index (Phi) is 4.44. The molecule has 0 aliphatic carbocycles. The van der Waals surface area contributed by atoms with Crippen molar-refractivity contribution < 1.29 is 0 Å². The lowest BCUT2D eigenvalue weighted by molar-refractivity contribution is 0.631. The molecule has 0 amide bonds. The lowest BCUT2D eigenvalue weighted by atomic mass is 10.1. The minimum Gasteiger partial charge on any atom is -0.308 e. The first-order chi connectivity index (χ1) is 9.06. The van der Waals surface area contributed by atoms with Crippen LogP contribution in [-0.4, -0.2) is 15.0 Å². The Bertz CT molecular complexity index is 550. The molecule has 0 aliphatic rings. The molecule has 2 heterocycles. The van der Waals surface area contributed by atoms with Gasteiger partial charge in [0.2, 0.25) is 0 Å². The van der Waals surface area contributed by atoms with Crippen LogP contribution < -0.4 is 11.3 Å². The number of nitrogens with two attached hydrogens (primary N) is 1. The number of aryl methyl sites for hydroxylation is 1. The first-order valence-electron chi connectivity index (χ1n) is 6.31. The highest BCUT2D eigenvalue weighted by Gasteiger charge is 2.08. The molecule has 0 spiro atoms. The van der Waals surface area contributed by atoms with E-state index in [1.165, 1.54) is 0 Å². The highest BCUT2D eigenvalue weighted by atomic mass is 32.1. The maximum absolute atomic E-state index is 5.46. The molecule has 0 radical (unpaired) electrons. The Morgan fingerprint density at radius 3 is 2.68 bits per heavy atom. The summed E-state index contributed by atoms with van der Waals surface area (Å²) in [6, 6.07) is 1.90. The maximum Gasteiger partial charge on any atom is 0.143 e. The summed E-state index contributed by atoms with van der Waals surface area (Å²) in [5.41, 5.74) is 4.66. The molecular formula is C13H19N5S. The zero-order valence-electron chi connectivity index (χ0n) is 11.5. The van der Waals surface area contributed by atoms with E-state index in [-0.39, 0.29) is 0 Å². The fourth-order valence-electron chi connectivity index (χ4n) is 1.85. The second-order valence-corrected chi connectivity index (χ2v) is 5.91. The lowest BCUT2D eigenvalue weighted by Gasteiger charge is -2.08. The fourth-order valence-corrected chi connectivity index (χ4v) is 2.62. The summed E-state index contributed by atoms with van der Waals surface area (Å²) in [5, 5.41) is 3.07. The topological polar surface area (TPSA) is 76.7 Å². The normalized spacial score (nSPS) is 11.0. The summed E-state index contributed by atoms with van der Waals surface area (Å²) in [7, 11) is 0. The molecule has 6 heteroatoms. The van der Waals surface area contributed by atoms with Crippen LogP contribution in [0.15, 0.2) is 11.4 Å². The molecule has 0 atom stereocenters. The van der Waals surface area contributed by atoms with Crippen molar-refractivity contribution in [1.82, 2.24) is 15.0 Å². The molecule has 102 valence electrons. The van der Waals surface area contributed by atoms with Gasteiger partial charge in [0.05, 0.1) is 6.42 Å². The van der Waals surface area contributed by atoms with Gasteiger partial charge in [-0.15, -0.1) is 11.3 Å². The first kappa shape index (κ1) is 13.9. The monoisotopic (exact) mass is 277 g/mol. The van der Waals surface area contributed by atoms with Crippen LogP contribution in [0.1, 0.15) is 36.1 Å². The van der Waals surface area contributed by atoms with E-state index in [1.54, 1.807) is 11.3 Å². The molecule has 0 bridgehead atoms. The van der Waals surface area contributed by atoms with Crippen LogP contribution >= 0.6 is 11.3 Å². The number of nitrogens with one attached hydrogen (secondary N) is 1. The zero-order chi connectivity index (χ0) is 13.8. The Labute approximate surface area is 117 Å². The number of nitrogen functional groups attached to an aromatic ring is 1. The maximum atomic E-state index is 5.46. The standard InChI is InChI=1S/C13H19N5S/c1-8(2)4-10-5-12(18-14)17-11(16-10)6-13-15-9(3)7-19-13/h5,7-8H,4,6,14H2,1-3H3,(H,16,17,18). The Balaban J connectivity index is 2.23. The minimum absolute atomic E-state index is 0.551. The molecule has 2 rings (SSSR count). The van der Waals surface area contributed by atoms with Gasteiger partial charge in [0.1, 0.15) is 16.6 Å². The quantitative estimate of drug-likeness (QED) is 0.648. The minimum atomic E-state index is 0.551. The summed E-state index contributed by atoms with van der Waals surface area (Å²) in [6.07, 6.45) is 1.57. The molecule has 0 aromatic carbocycles. The number of thiazole rings is 1. The lowest BCUT2D eigenvalue weighted by Crippen LogP contribution is -2.12. The van der Waals surface area contributed by atoms with Gasteiger partial charge >= 0.3 is 0 Å². The van der Waals surface area contributed by atoms with E-state index in [2.05, 4.69) is 34.2 Å². The van der Waals surface area contributed by atoms with Crippen molar-refractivity contribution in [2.24, 2.45) is 11.8 Å². The SMILES string of the molecule is Cc1csc(Cc2nc(CC(C)C)cc(NN)n2)n1. The summed E-state index contributed by atoms with van der Waals surface area (Å²) in [6.45, 7) is 6.33. The van der Waals surface area contributed by atoms with Crippen LogP contribution in [0, 0.1) is 12.8 Å². The van der Waals surface area contributed by atoms with Gasteiger partial charge < -0.3 is 5.43 Å². The zero-order valence-corrected chi connectivity index (χ0v) is 12.3. The van der Waals surface area contributed by atoms with Crippen molar-refractivity contribution in [1.29, 1.82) is 0 Å². The van der Waals surface area contributed by atoms with Crippen LogP contribution in [0.2, 0.25) is 0 Å². The van der Waals surface area contributed by atoms with E-state index < -0.39 is 0 Å². The number of aromatic nitrogens is 3. The van der Waals surface area contributed by atoms with Crippen molar-refractivity contribution in [2.45, 2.75) is 33.6 Å². The molecule has 19 heavy (non-hydrogen) atoms. The molecule has 0 saturated carbocycles. The van der Waals surface area contributed by atoms with E-state index in [9.17, 15) is 0 Å². The van der Waals surface area contributed by atoms with E-state index in [0.29, 0.717) is 18.2 Å². The van der Waals surface area contributed by atoms with Crippen LogP contribution in [0.5, 0.6) is 0 Å². The highest BCUT2D eigenvalue weighted by Crippen LogP contribution is 2.15. The summed E-state index contributed by atoms with van der Waals surface area (Å²) >= 11 is 1.63. The van der Waals surface area contributed by atoms with Crippen LogP contribution in [0.25, 0.3) is 0 Å². The Morgan fingerprint density at radius 2 is 2.11 bits per heavy atom. The molecule has 2 aromatic heterocycles. The number of hydrogen-bond donors (Lipinski definition) is 2. The van der Waals surface area contributed by atoms with Crippen molar-refractivity contribution in [2.75, 3.05) is 5.43 Å². The van der Waals surface area contributed by atoms with Gasteiger partial charge in [-0.05, 0) is 19.3 Å². The van der Waals surface area contributed by atoms with Gasteiger partial charge in [-0.3, -0.25) is 0 Å². The van der Waals surface area contributed by atoms with Gasteiger partial charge in [-0.25, -0.2) is 20.8 Å². The predicted octanol–water partition coefficient (Wildman–Crippen LogP) is 2.32. The average Bonchev–Trinajstić information content (AvgIpc) is 2.73. The fraction of sp³-hybridized carbons (Fsp3) is 0.462. The van der Waals surface area contributed by atoms with Gasteiger partial charge in [-0.1, -0.05) is 13.8 Å². The van der Waals surface area contributed by atoms with E-state index in [1.807, 2.05) is 18.4 Å². The highest BCUT2D eigenvalue weighted by molar-refractivity contribution is 7.09. The summed E-state index contributed by atoms with van der Waals surface area (Å²) in [4.78, 5) is 13.4. The largest absolute Gasteiger partial charge is 0.308 e. The van der Waals surface area contributed by atoms with Crippen molar-refractivity contribution in [3.05, 3.63) is 33.7 Å². The van der Waals surface area contributed by atoms with Crippen LogP contribution in [0.3, 0.4) is 0 Å². The Hall–Kier alpha value is -1.53. The third-order valence-corrected chi connectivity index (χ3v) is 3.53. The van der Waals surface area contributed by atoms with Crippen molar-refractivity contribution in [3.63, 3.8) is 0 Å². The predicted molar refractivity (Wildman–Crippen MR) is 78.0 cm³/mol. The first-order valence-corrected chi connectivity index (χ1v) is 7.19. The van der Waals surface area contributed by atoms with Gasteiger partial charge in [0.25, 0.3) is 0 Å². The summed E-state index contributed by atoms with van der Waals surface area (Å²) in [5.74, 6) is 7.44. The van der Waals surface area contributed by atoms with E-state index in [0.717, 1.165) is 28.6 Å². The number of hydrogen-bond acceptors (Lipinski definition) is 6. The number of anilines is 1. The Morgan fingerprint density at radius 1 is 1.32 bits per heavy atom. The van der Waals surface area contributed by atoms with E-state index in [4.69, 9.17) is 5.84 Å². The summed E-state index contributed by atoms with van der Waals surface area (Å²) < 4.78 is 0. The molecule has 0 unspecified atom stereocenters. The van der Waals surface area contributed by atoms with Crippen molar-refractivity contribution >= 4 is 17.2 Å². The second kappa shape index (κ2) is 6.08. The third-order valence-electron chi connectivity index (χ3n) is 2.57. The average molecular weight is 277 g/mol. The van der Waals surface area contributed by atoms with Crippen molar-refractivity contribution in [3.8, 4) is 0 Å². The molecule has 0 aliphatic heterocycles. The van der Waals surface area contributed by atoms with E-state index >= 15 is 0 Å². The van der Waals surface area contributed by atoms with Gasteiger partial charge in [-0.2, -0.15) is 0 Å². The third kappa shape index (κ3) is 3.97. The molecular weight excluding hydrogens is 258 g/mol. The molecule has 0 saturated heterocycles. The number of hydrazine groups is 1. The molecule has 5 nitrogen and oxygen atoms in total. The molecule has 0 fully saturated rings.